The zero-order valence-corrected chi connectivity index (χ0v) is 27.5. The molecule has 2 aliphatic rings. The highest BCUT2D eigenvalue weighted by Gasteiger charge is 2.47. The first-order chi connectivity index (χ1) is 21.8. The minimum atomic E-state index is -0.352. The van der Waals surface area contributed by atoms with Crippen LogP contribution in [0.1, 0.15) is 85.8 Å². The third-order valence-electron chi connectivity index (χ3n) is 10.5. The molecular weight excluding hydrogens is 544 g/mol. The fourth-order valence-electron chi connectivity index (χ4n) is 8.21. The van der Waals surface area contributed by atoms with Crippen molar-refractivity contribution in [1.82, 2.24) is 0 Å². The molecule has 0 saturated heterocycles. The van der Waals surface area contributed by atoms with Crippen LogP contribution in [0.3, 0.4) is 0 Å². The molecule has 2 heteroatoms. The molecule has 1 saturated carbocycles. The third kappa shape index (κ3) is 5.55. The van der Waals surface area contributed by atoms with Crippen molar-refractivity contribution in [3.05, 3.63) is 148 Å². The summed E-state index contributed by atoms with van der Waals surface area (Å²) in [4.78, 5) is 2.61. The van der Waals surface area contributed by atoms with Gasteiger partial charge in [-0.15, -0.1) is 0 Å². The minimum Gasteiger partial charge on any atom is -0.344 e. The van der Waals surface area contributed by atoms with Gasteiger partial charge in [0.15, 0.2) is 0 Å². The average Bonchev–Trinajstić information content (AvgIpc) is 3.28. The number of hydrogen-bond acceptors (Lipinski definition) is 2. The van der Waals surface area contributed by atoms with Gasteiger partial charge in [0, 0.05) is 28.8 Å². The van der Waals surface area contributed by atoms with E-state index in [1.807, 2.05) is 12.1 Å². The molecule has 0 bridgehead atoms. The largest absolute Gasteiger partial charge is 0.344 e. The van der Waals surface area contributed by atoms with E-state index in [1.165, 1.54) is 82.1 Å². The van der Waals surface area contributed by atoms with Gasteiger partial charge in [0.1, 0.15) is 0 Å². The fourth-order valence-corrected chi connectivity index (χ4v) is 8.21. The van der Waals surface area contributed by atoms with Gasteiger partial charge in [-0.3, -0.25) is 0 Å². The minimum absolute atomic E-state index is 0.0957. The number of nitriles is 1. The predicted octanol–water partition coefficient (Wildman–Crippen LogP) is 11.0. The van der Waals surface area contributed by atoms with Crippen LogP contribution in [-0.2, 0) is 17.3 Å². The second kappa shape index (κ2) is 12.6. The van der Waals surface area contributed by atoms with Gasteiger partial charge in [-0.2, -0.15) is 5.26 Å². The topological polar surface area (TPSA) is 27.0 Å². The summed E-state index contributed by atoms with van der Waals surface area (Å²) in [7, 11) is 0. The Kier molecular flexibility index (Phi) is 8.56. The first-order valence-electron chi connectivity index (χ1n) is 16.8. The van der Waals surface area contributed by atoms with Crippen LogP contribution in [0.25, 0.3) is 10.8 Å². The van der Waals surface area contributed by atoms with E-state index in [9.17, 15) is 5.26 Å². The van der Waals surface area contributed by atoms with Gasteiger partial charge in [-0.25, -0.2) is 0 Å². The number of allylic oxidation sites excluding steroid dienone is 5. The summed E-state index contributed by atoms with van der Waals surface area (Å²) in [6.45, 7) is 14.9. The lowest BCUT2D eigenvalue weighted by atomic mass is 9.68. The van der Waals surface area contributed by atoms with Crippen molar-refractivity contribution in [3.8, 4) is 6.07 Å². The van der Waals surface area contributed by atoms with Crippen LogP contribution >= 0.6 is 0 Å². The normalized spacial score (nSPS) is 17.9. The van der Waals surface area contributed by atoms with Crippen LogP contribution in [0.15, 0.2) is 115 Å². The first kappa shape index (κ1) is 30.7. The quantitative estimate of drug-likeness (QED) is 0.191. The predicted molar refractivity (Wildman–Crippen MR) is 191 cm³/mol. The van der Waals surface area contributed by atoms with Gasteiger partial charge in [0.2, 0.25) is 0 Å². The van der Waals surface area contributed by atoms with Gasteiger partial charge in [-0.1, -0.05) is 118 Å². The van der Waals surface area contributed by atoms with Crippen LogP contribution < -0.4 is 4.90 Å². The van der Waals surface area contributed by atoms with Crippen molar-refractivity contribution >= 4 is 16.5 Å². The fraction of sp³-hybridized carbons (Fsp3) is 0.326. The summed E-state index contributed by atoms with van der Waals surface area (Å²) in [6.07, 6.45) is 15.2. The Hall–Kier alpha value is -4.35. The molecule has 0 N–H and O–H groups in total. The van der Waals surface area contributed by atoms with Crippen LogP contribution in [0.4, 0.5) is 5.69 Å². The summed E-state index contributed by atoms with van der Waals surface area (Å²) in [6, 6.07) is 30.6. The zero-order chi connectivity index (χ0) is 31.6. The molecule has 1 spiro atoms. The highest BCUT2D eigenvalue weighted by molar-refractivity contribution is 5.88. The molecule has 1 heterocycles. The standard InChI is InChI=1S/C43H46N2/c1-6-27-45-39-24-17-31(2)28-38(39)43(25-10-7-11-26-43)40(45)16-12-13-33(4)42(5,29-34-19-21-35(30-44)22-20-34)41-32(3)18-23-36-14-8-9-15-37(36)41/h8-9,12-24,28H,4,6-7,10-11,25-27,29H2,1-3,5H3/b13-12+,40-16+. The van der Waals surface area contributed by atoms with Gasteiger partial charge < -0.3 is 4.90 Å². The summed E-state index contributed by atoms with van der Waals surface area (Å²) in [5.74, 6) is 0. The Morgan fingerprint density at radius 3 is 2.47 bits per heavy atom. The molecule has 0 aromatic heterocycles. The third-order valence-corrected chi connectivity index (χ3v) is 10.5. The number of aryl methyl sites for hydroxylation is 2. The Morgan fingerprint density at radius 2 is 1.73 bits per heavy atom. The number of fused-ring (bicyclic) bond motifs is 3. The molecule has 4 aromatic rings. The van der Waals surface area contributed by atoms with Gasteiger partial charge in [-0.05, 0) is 102 Å². The number of benzene rings is 4. The van der Waals surface area contributed by atoms with E-state index in [4.69, 9.17) is 6.58 Å². The van der Waals surface area contributed by atoms with Crippen molar-refractivity contribution in [2.75, 3.05) is 11.4 Å². The van der Waals surface area contributed by atoms with Gasteiger partial charge in [0.25, 0.3) is 0 Å². The summed E-state index contributed by atoms with van der Waals surface area (Å²) < 4.78 is 0. The van der Waals surface area contributed by atoms with Crippen LogP contribution in [-0.4, -0.2) is 6.54 Å². The molecule has 6 rings (SSSR count). The van der Waals surface area contributed by atoms with E-state index in [0.717, 1.165) is 25.0 Å². The summed E-state index contributed by atoms with van der Waals surface area (Å²) in [5.41, 5.74) is 11.1. The molecule has 2 nitrogen and oxygen atoms in total. The summed E-state index contributed by atoms with van der Waals surface area (Å²) >= 11 is 0. The maximum absolute atomic E-state index is 9.40. The van der Waals surface area contributed by atoms with Crippen molar-refractivity contribution in [1.29, 1.82) is 5.26 Å². The Balaban J connectivity index is 1.44. The van der Waals surface area contributed by atoms with Crippen LogP contribution in [0.2, 0.25) is 0 Å². The monoisotopic (exact) mass is 590 g/mol. The zero-order valence-electron chi connectivity index (χ0n) is 27.5. The Labute approximate surface area is 270 Å². The molecule has 4 aromatic carbocycles. The molecule has 45 heavy (non-hydrogen) atoms. The number of hydrogen-bond donors (Lipinski definition) is 0. The molecular formula is C43H46N2. The van der Waals surface area contributed by atoms with E-state index in [2.05, 4.69) is 124 Å². The average molecular weight is 591 g/mol. The maximum Gasteiger partial charge on any atom is 0.0991 e. The Bertz CT molecular complexity index is 1820. The van der Waals surface area contributed by atoms with Gasteiger partial charge in [0.05, 0.1) is 11.6 Å². The van der Waals surface area contributed by atoms with Crippen molar-refractivity contribution in [2.24, 2.45) is 0 Å². The lowest BCUT2D eigenvalue weighted by molar-refractivity contribution is 0.345. The van der Waals surface area contributed by atoms with Crippen LogP contribution in [0.5, 0.6) is 0 Å². The van der Waals surface area contributed by atoms with Gasteiger partial charge >= 0.3 is 0 Å². The molecule has 0 radical (unpaired) electrons. The molecule has 1 aliphatic heterocycles. The molecule has 228 valence electrons. The van der Waals surface area contributed by atoms with Crippen LogP contribution in [0, 0.1) is 25.2 Å². The molecule has 1 unspecified atom stereocenters. The highest BCUT2D eigenvalue weighted by Crippen LogP contribution is 2.55. The lowest BCUT2D eigenvalue weighted by Gasteiger charge is -2.37. The maximum atomic E-state index is 9.40. The van der Waals surface area contributed by atoms with E-state index in [1.54, 1.807) is 0 Å². The second-order valence-corrected chi connectivity index (χ2v) is 13.5. The Morgan fingerprint density at radius 1 is 0.978 bits per heavy atom. The SMILES string of the molecule is C=C(/C=C/C=C1/N(CCC)c2ccc(C)cc2C12CCCCC2)C(C)(Cc1ccc(C#N)cc1)c1c(C)ccc2ccccc12. The lowest BCUT2D eigenvalue weighted by Crippen LogP contribution is -2.33. The van der Waals surface area contributed by atoms with E-state index >= 15 is 0 Å². The molecule has 0 amide bonds. The highest BCUT2D eigenvalue weighted by atomic mass is 15.2. The first-order valence-corrected chi connectivity index (χ1v) is 16.8. The number of rotatable bonds is 8. The van der Waals surface area contributed by atoms with Crippen molar-refractivity contribution in [2.45, 2.75) is 83.5 Å². The summed E-state index contributed by atoms with van der Waals surface area (Å²) in [5, 5.41) is 11.9. The van der Waals surface area contributed by atoms with E-state index in [-0.39, 0.29) is 10.8 Å². The van der Waals surface area contributed by atoms with Crippen molar-refractivity contribution in [3.63, 3.8) is 0 Å². The smallest absolute Gasteiger partial charge is 0.0991 e. The molecule has 1 aliphatic carbocycles. The molecule has 1 atom stereocenters. The second-order valence-electron chi connectivity index (χ2n) is 13.5. The number of anilines is 1. The van der Waals surface area contributed by atoms with E-state index < -0.39 is 0 Å². The van der Waals surface area contributed by atoms with Crippen molar-refractivity contribution < 1.29 is 0 Å². The van der Waals surface area contributed by atoms with E-state index in [0.29, 0.717) is 5.56 Å². The molecule has 1 fully saturated rings. The number of nitrogens with zero attached hydrogens (tertiary/aromatic N) is 2.